The van der Waals surface area contributed by atoms with E-state index in [9.17, 15) is 9.59 Å². The number of hydrogen-bond donors (Lipinski definition) is 2. The number of hydrogen-bond acceptors (Lipinski definition) is 5. The quantitative estimate of drug-likeness (QED) is 0.451. The number of ether oxygens (including phenoxy) is 1. The molecule has 0 aliphatic carbocycles. The van der Waals surface area contributed by atoms with E-state index in [1.807, 2.05) is 30.3 Å². The fourth-order valence-electron chi connectivity index (χ4n) is 3.24. The van der Waals surface area contributed by atoms with E-state index in [4.69, 9.17) is 10.5 Å². The number of halogens is 2. The second kappa shape index (κ2) is 11.0. The van der Waals surface area contributed by atoms with Crippen molar-refractivity contribution in [2.75, 3.05) is 11.9 Å². The lowest BCUT2D eigenvalue weighted by Gasteiger charge is -2.19. The van der Waals surface area contributed by atoms with E-state index in [1.165, 1.54) is 18.5 Å². The molecule has 0 aliphatic heterocycles. The first-order valence-corrected chi connectivity index (χ1v) is 10.9. The SMILES string of the molecule is CC(C)COC(=O)C(F)(F)c1cc(NC(=O)C(N)Cc2ccccc2)cc(-c2ccncc2)c1. The van der Waals surface area contributed by atoms with E-state index < -0.39 is 29.4 Å². The summed E-state index contributed by atoms with van der Waals surface area (Å²) in [7, 11) is 0. The van der Waals surface area contributed by atoms with E-state index in [1.54, 1.807) is 32.0 Å². The fourth-order valence-corrected chi connectivity index (χ4v) is 3.24. The van der Waals surface area contributed by atoms with E-state index in [-0.39, 0.29) is 24.6 Å². The van der Waals surface area contributed by atoms with Crippen molar-refractivity contribution >= 4 is 17.6 Å². The first-order valence-electron chi connectivity index (χ1n) is 10.9. The summed E-state index contributed by atoms with van der Waals surface area (Å²) in [5.74, 6) is -6.19. The van der Waals surface area contributed by atoms with Gasteiger partial charge in [-0.25, -0.2) is 4.79 Å². The van der Waals surface area contributed by atoms with Gasteiger partial charge in [-0.15, -0.1) is 0 Å². The van der Waals surface area contributed by atoms with Crippen molar-refractivity contribution < 1.29 is 23.1 Å². The molecule has 1 amide bonds. The van der Waals surface area contributed by atoms with Gasteiger partial charge in [0.1, 0.15) is 0 Å². The Balaban J connectivity index is 1.90. The Hall–Kier alpha value is -3.65. The lowest BCUT2D eigenvalue weighted by atomic mass is 9.99. The number of pyridine rings is 1. The maximum Gasteiger partial charge on any atom is 0.382 e. The van der Waals surface area contributed by atoms with Crippen LogP contribution in [0.15, 0.2) is 73.1 Å². The molecule has 0 aliphatic rings. The Bertz CT molecular complexity index is 1120. The van der Waals surface area contributed by atoms with Crippen LogP contribution in [0.5, 0.6) is 0 Å². The molecule has 0 bridgehead atoms. The topological polar surface area (TPSA) is 94.3 Å². The van der Waals surface area contributed by atoms with Gasteiger partial charge in [-0.3, -0.25) is 9.78 Å². The minimum atomic E-state index is -3.91. The molecule has 3 N–H and O–H groups in total. The predicted molar refractivity (Wildman–Crippen MR) is 126 cm³/mol. The van der Waals surface area contributed by atoms with Gasteiger partial charge in [-0.1, -0.05) is 44.2 Å². The van der Waals surface area contributed by atoms with Gasteiger partial charge in [0.2, 0.25) is 5.91 Å². The zero-order valence-electron chi connectivity index (χ0n) is 19.0. The molecule has 1 atom stereocenters. The number of amides is 1. The minimum Gasteiger partial charge on any atom is -0.461 e. The van der Waals surface area contributed by atoms with Crippen LogP contribution < -0.4 is 11.1 Å². The Labute approximate surface area is 197 Å². The van der Waals surface area contributed by atoms with Crippen molar-refractivity contribution in [2.24, 2.45) is 11.7 Å². The van der Waals surface area contributed by atoms with Gasteiger partial charge in [0.05, 0.1) is 12.6 Å². The third-order valence-corrected chi connectivity index (χ3v) is 5.02. The van der Waals surface area contributed by atoms with Gasteiger partial charge >= 0.3 is 11.9 Å². The zero-order chi connectivity index (χ0) is 24.7. The van der Waals surface area contributed by atoms with Crippen LogP contribution in [-0.2, 0) is 26.7 Å². The molecule has 1 heterocycles. The number of nitrogens with zero attached hydrogens (tertiary/aromatic N) is 1. The second-order valence-electron chi connectivity index (χ2n) is 8.39. The Morgan fingerprint density at radius 3 is 2.35 bits per heavy atom. The summed E-state index contributed by atoms with van der Waals surface area (Å²) in [4.78, 5) is 28.8. The zero-order valence-corrected chi connectivity index (χ0v) is 19.0. The van der Waals surface area contributed by atoms with Crippen molar-refractivity contribution in [3.63, 3.8) is 0 Å². The minimum absolute atomic E-state index is 0.0918. The van der Waals surface area contributed by atoms with Crippen LogP contribution >= 0.6 is 0 Å². The van der Waals surface area contributed by atoms with Gasteiger partial charge in [-0.05, 0) is 59.4 Å². The third-order valence-electron chi connectivity index (χ3n) is 5.02. The number of alkyl halides is 2. The largest absolute Gasteiger partial charge is 0.461 e. The highest BCUT2D eigenvalue weighted by atomic mass is 19.3. The molecule has 0 radical (unpaired) electrons. The number of anilines is 1. The normalized spacial score (nSPS) is 12.3. The number of nitrogens with two attached hydrogens (primary N) is 1. The smallest absolute Gasteiger partial charge is 0.382 e. The summed E-state index contributed by atoms with van der Waals surface area (Å²) in [6, 6.07) is 15.4. The Morgan fingerprint density at radius 2 is 1.71 bits per heavy atom. The fraction of sp³-hybridized carbons (Fsp3) is 0.269. The number of nitrogens with one attached hydrogen (secondary N) is 1. The Morgan fingerprint density at radius 1 is 1.03 bits per heavy atom. The molecular formula is C26H27F2N3O3. The van der Waals surface area contributed by atoms with Gasteiger partial charge in [0, 0.05) is 23.6 Å². The predicted octanol–water partition coefficient (Wildman–Crippen LogP) is 4.55. The molecule has 8 heteroatoms. The van der Waals surface area contributed by atoms with Gasteiger partial charge in [-0.2, -0.15) is 8.78 Å². The van der Waals surface area contributed by atoms with Crippen LogP contribution in [-0.4, -0.2) is 29.5 Å². The maximum absolute atomic E-state index is 15.0. The average molecular weight is 468 g/mol. The van der Waals surface area contributed by atoms with E-state index >= 15 is 8.78 Å². The first-order chi connectivity index (χ1) is 16.2. The van der Waals surface area contributed by atoms with Crippen molar-refractivity contribution in [2.45, 2.75) is 32.2 Å². The highest BCUT2D eigenvalue weighted by Crippen LogP contribution is 2.35. The number of rotatable bonds is 9. The number of aromatic nitrogens is 1. The lowest BCUT2D eigenvalue weighted by Crippen LogP contribution is -2.37. The molecule has 1 unspecified atom stereocenters. The molecule has 0 saturated carbocycles. The average Bonchev–Trinajstić information content (AvgIpc) is 2.83. The summed E-state index contributed by atoms with van der Waals surface area (Å²) >= 11 is 0. The van der Waals surface area contributed by atoms with Crippen LogP contribution in [0.2, 0.25) is 0 Å². The van der Waals surface area contributed by atoms with Crippen LogP contribution in [0.4, 0.5) is 14.5 Å². The molecule has 178 valence electrons. The lowest BCUT2D eigenvalue weighted by molar-refractivity contribution is -0.174. The van der Waals surface area contributed by atoms with Crippen LogP contribution in [0.25, 0.3) is 11.1 Å². The third kappa shape index (κ3) is 6.45. The van der Waals surface area contributed by atoms with E-state index in [2.05, 4.69) is 10.3 Å². The standard InChI is InChI=1S/C26H27F2N3O3/c1-17(2)16-34-25(33)26(27,28)21-13-20(19-8-10-30-11-9-19)14-22(15-21)31-24(32)23(29)12-18-6-4-3-5-7-18/h3-11,13-15,17,23H,12,16,29H2,1-2H3,(H,31,32). The molecule has 0 fully saturated rings. The molecule has 6 nitrogen and oxygen atoms in total. The van der Waals surface area contributed by atoms with Crippen molar-refractivity contribution in [1.82, 2.24) is 4.98 Å². The summed E-state index contributed by atoms with van der Waals surface area (Å²) in [6.45, 7) is 3.38. The van der Waals surface area contributed by atoms with Crippen LogP contribution in [0.1, 0.15) is 25.0 Å². The van der Waals surface area contributed by atoms with Crippen LogP contribution in [0.3, 0.4) is 0 Å². The number of carbonyl (C=O) groups is 2. The molecule has 3 aromatic rings. The maximum atomic E-state index is 15.0. The Kier molecular flexibility index (Phi) is 8.07. The molecule has 0 spiro atoms. The van der Waals surface area contributed by atoms with Crippen molar-refractivity contribution in [3.8, 4) is 11.1 Å². The van der Waals surface area contributed by atoms with Crippen molar-refractivity contribution in [1.29, 1.82) is 0 Å². The molecule has 1 aromatic heterocycles. The molecule has 3 rings (SSSR count). The van der Waals surface area contributed by atoms with Gasteiger partial charge in [0.25, 0.3) is 0 Å². The monoisotopic (exact) mass is 467 g/mol. The molecular weight excluding hydrogens is 440 g/mol. The summed E-state index contributed by atoms with van der Waals surface area (Å²) < 4.78 is 34.9. The van der Waals surface area contributed by atoms with Gasteiger partial charge in [0.15, 0.2) is 0 Å². The number of esters is 1. The van der Waals surface area contributed by atoms with E-state index in [0.717, 1.165) is 11.6 Å². The highest BCUT2D eigenvalue weighted by molar-refractivity contribution is 5.96. The van der Waals surface area contributed by atoms with E-state index in [0.29, 0.717) is 11.1 Å². The summed E-state index contributed by atoms with van der Waals surface area (Å²) in [5, 5.41) is 2.61. The molecule has 0 saturated heterocycles. The first kappa shape index (κ1) is 25.0. The second-order valence-corrected chi connectivity index (χ2v) is 8.39. The molecule has 2 aromatic carbocycles. The summed E-state index contributed by atoms with van der Waals surface area (Å²) in [6.07, 6.45) is 3.32. The number of carbonyl (C=O) groups excluding carboxylic acids is 2. The summed E-state index contributed by atoms with van der Waals surface area (Å²) in [5.41, 5.74) is 7.38. The molecule has 34 heavy (non-hydrogen) atoms. The van der Waals surface area contributed by atoms with Crippen LogP contribution in [0, 0.1) is 5.92 Å². The van der Waals surface area contributed by atoms with Crippen molar-refractivity contribution in [3.05, 3.63) is 84.2 Å². The highest BCUT2D eigenvalue weighted by Gasteiger charge is 2.43. The number of benzene rings is 2. The van der Waals surface area contributed by atoms with Gasteiger partial charge < -0.3 is 15.8 Å².